The highest BCUT2D eigenvalue weighted by atomic mass is 35.5. The highest BCUT2D eigenvalue weighted by Gasteiger charge is 2.44. The molecule has 0 aliphatic carbocycles. The zero-order chi connectivity index (χ0) is 9.30. The zero-order valence-corrected chi connectivity index (χ0v) is 7.61. The van der Waals surface area contributed by atoms with E-state index >= 15 is 0 Å². The van der Waals surface area contributed by atoms with E-state index in [0.717, 1.165) is 0 Å². The summed E-state index contributed by atoms with van der Waals surface area (Å²) in [5.74, 6) is 0.0860. The molecular formula is C6H10Cl2O4. The van der Waals surface area contributed by atoms with Crippen LogP contribution in [0.4, 0.5) is 0 Å². The van der Waals surface area contributed by atoms with Crippen molar-refractivity contribution < 1.29 is 20.1 Å². The van der Waals surface area contributed by atoms with Gasteiger partial charge in [-0.05, 0) is 0 Å². The van der Waals surface area contributed by atoms with E-state index in [1.807, 2.05) is 0 Å². The Hall–Kier alpha value is 0.420. The van der Waals surface area contributed by atoms with E-state index in [2.05, 4.69) is 0 Å². The fraction of sp³-hybridized carbons (Fsp3) is 1.00. The smallest absolute Gasteiger partial charge is 0.184 e. The first-order valence-electron chi connectivity index (χ1n) is 3.47. The number of hydrogen-bond donors (Lipinski definition) is 3. The Kier molecular flexibility index (Phi) is 3.58. The van der Waals surface area contributed by atoms with Gasteiger partial charge in [-0.3, -0.25) is 0 Å². The van der Waals surface area contributed by atoms with Crippen LogP contribution in [0.1, 0.15) is 0 Å². The maximum absolute atomic E-state index is 9.25. The van der Waals surface area contributed by atoms with Crippen LogP contribution < -0.4 is 0 Å². The summed E-state index contributed by atoms with van der Waals surface area (Å²) in [4.78, 5) is 0. The molecule has 6 heteroatoms. The van der Waals surface area contributed by atoms with Gasteiger partial charge in [-0.25, -0.2) is 0 Å². The van der Waals surface area contributed by atoms with Crippen molar-refractivity contribution in [1.29, 1.82) is 0 Å². The van der Waals surface area contributed by atoms with Crippen LogP contribution in [-0.2, 0) is 4.74 Å². The number of aliphatic hydroxyl groups excluding tert-OH is 3. The fourth-order valence-corrected chi connectivity index (χ4v) is 1.46. The van der Waals surface area contributed by atoms with Gasteiger partial charge < -0.3 is 20.1 Å². The lowest BCUT2D eigenvalue weighted by Gasteiger charge is -2.17. The van der Waals surface area contributed by atoms with Crippen LogP contribution in [0.25, 0.3) is 0 Å². The molecule has 5 atom stereocenters. The first-order chi connectivity index (χ1) is 5.57. The first kappa shape index (κ1) is 10.5. The molecular weight excluding hydrogens is 207 g/mol. The van der Waals surface area contributed by atoms with E-state index < -0.39 is 30.0 Å². The summed E-state index contributed by atoms with van der Waals surface area (Å²) in [5, 5.41) is 26.6. The Morgan fingerprint density at radius 3 is 2.17 bits per heavy atom. The average molecular weight is 217 g/mol. The molecule has 0 amide bonds. The van der Waals surface area contributed by atoms with Gasteiger partial charge in [0.1, 0.15) is 18.3 Å². The van der Waals surface area contributed by atoms with E-state index in [4.69, 9.17) is 38.2 Å². The Bertz CT molecular complexity index is 156. The van der Waals surface area contributed by atoms with E-state index in [1.165, 1.54) is 0 Å². The first-order valence-corrected chi connectivity index (χ1v) is 4.44. The van der Waals surface area contributed by atoms with Crippen LogP contribution in [0.15, 0.2) is 0 Å². The molecule has 0 saturated carbocycles. The molecule has 1 aliphatic heterocycles. The van der Waals surface area contributed by atoms with Crippen LogP contribution in [0.5, 0.6) is 0 Å². The summed E-state index contributed by atoms with van der Waals surface area (Å²) in [6, 6.07) is 0. The van der Waals surface area contributed by atoms with E-state index in [9.17, 15) is 5.11 Å². The zero-order valence-electron chi connectivity index (χ0n) is 6.10. The normalized spacial score (nSPS) is 44.8. The van der Waals surface area contributed by atoms with Gasteiger partial charge in [0, 0.05) is 5.88 Å². The number of alkyl halides is 2. The van der Waals surface area contributed by atoms with Crippen LogP contribution >= 0.6 is 23.2 Å². The third-order valence-corrected chi connectivity index (χ3v) is 2.67. The summed E-state index contributed by atoms with van der Waals surface area (Å²) in [6.07, 6.45) is -4.68. The third-order valence-electron chi connectivity index (χ3n) is 1.78. The standard InChI is InChI=1S/C6H10Cl2O4/c7-1-2(8)5-3(9)4(10)6(11)12-5/h2-6,9-11H,1H2. The van der Waals surface area contributed by atoms with Crippen molar-refractivity contribution in [3.63, 3.8) is 0 Å². The van der Waals surface area contributed by atoms with Crippen LogP contribution in [0.3, 0.4) is 0 Å². The molecule has 5 unspecified atom stereocenters. The molecule has 0 aromatic carbocycles. The predicted octanol–water partition coefficient (Wildman–Crippen LogP) is -0.728. The second-order valence-corrected chi connectivity index (χ2v) is 3.51. The topological polar surface area (TPSA) is 69.9 Å². The highest BCUT2D eigenvalue weighted by Crippen LogP contribution is 2.25. The van der Waals surface area contributed by atoms with Gasteiger partial charge in [-0.2, -0.15) is 0 Å². The lowest BCUT2D eigenvalue weighted by molar-refractivity contribution is -0.126. The van der Waals surface area contributed by atoms with Gasteiger partial charge >= 0.3 is 0 Å². The Balaban J connectivity index is 2.58. The Labute approximate surface area is 79.7 Å². The monoisotopic (exact) mass is 216 g/mol. The molecule has 72 valence electrons. The molecule has 1 rings (SSSR count). The highest BCUT2D eigenvalue weighted by molar-refractivity contribution is 6.28. The molecule has 1 saturated heterocycles. The van der Waals surface area contributed by atoms with Crippen molar-refractivity contribution in [2.45, 2.75) is 30.0 Å². The molecule has 4 nitrogen and oxygen atoms in total. The van der Waals surface area contributed by atoms with Gasteiger partial charge in [0.2, 0.25) is 0 Å². The number of hydrogen-bond acceptors (Lipinski definition) is 4. The SMILES string of the molecule is OC1OC(C(Cl)CCl)C(O)C1O. The maximum atomic E-state index is 9.25. The minimum absolute atomic E-state index is 0.0860. The van der Waals surface area contributed by atoms with E-state index in [-0.39, 0.29) is 5.88 Å². The van der Waals surface area contributed by atoms with Crippen LogP contribution in [0.2, 0.25) is 0 Å². The molecule has 0 spiro atoms. The quantitative estimate of drug-likeness (QED) is 0.533. The number of ether oxygens (including phenoxy) is 1. The van der Waals surface area contributed by atoms with Gasteiger partial charge in [0.25, 0.3) is 0 Å². The molecule has 1 fully saturated rings. The third kappa shape index (κ3) is 1.84. The minimum Gasteiger partial charge on any atom is -0.387 e. The van der Waals surface area contributed by atoms with E-state index in [1.54, 1.807) is 0 Å². The van der Waals surface area contributed by atoms with Gasteiger partial charge in [0.05, 0.1) is 5.38 Å². The van der Waals surface area contributed by atoms with E-state index in [0.29, 0.717) is 0 Å². The minimum atomic E-state index is -1.38. The van der Waals surface area contributed by atoms with Gasteiger partial charge in [0.15, 0.2) is 6.29 Å². The van der Waals surface area contributed by atoms with Crippen molar-refractivity contribution >= 4 is 23.2 Å². The van der Waals surface area contributed by atoms with Crippen molar-refractivity contribution in [1.82, 2.24) is 0 Å². The fourth-order valence-electron chi connectivity index (χ4n) is 1.07. The lowest BCUT2D eigenvalue weighted by atomic mass is 10.1. The summed E-state index contributed by atoms with van der Waals surface area (Å²) >= 11 is 11.1. The summed E-state index contributed by atoms with van der Waals surface area (Å²) in [7, 11) is 0. The molecule has 3 N–H and O–H groups in total. The average Bonchev–Trinajstić information content (AvgIpc) is 2.32. The second-order valence-electron chi connectivity index (χ2n) is 2.64. The maximum Gasteiger partial charge on any atom is 0.184 e. The number of aliphatic hydroxyl groups is 3. The molecule has 0 bridgehead atoms. The Morgan fingerprint density at radius 2 is 1.83 bits per heavy atom. The predicted molar refractivity (Wildman–Crippen MR) is 43.3 cm³/mol. The molecule has 0 aromatic heterocycles. The number of rotatable bonds is 2. The summed E-state index contributed by atoms with van der Waals surface area (Å²) in [6.45, 7) is 0. The Morgan fingerprint density at radius 1 is 1.25 bits per heavy atom. The van der Waals surface area contributed by atoms with Crippen molar-refractivity contribution in [2.75, 3.05) is 5.88 Å². The molecule has 0 radical (unpaired) electrons. The number of halogens is 2. The van der Waals surface area contributed by atoms with Gasteiger partial charge in [-0.1, -0.05) is 0 Å². The van der Waals surface area contributed by atoms with Crippen LogP contribution in [-0.4, -0.2) is 51.2 Å². The molecule has 1 heterocycles. The van der Waals surface area contributed by atoms with Crippen LogP contribution in [0, 0.1) is 0 Å². The summed E-state index contributed by atoms with van der Waals surface area (Å²) < 4.78 is 4.78. The van der Waals surface area contributed by atoms with Crippen molar-refractivity contribution in [3.05, 3.63) is 0 Å². The molecule has 0 aromatic rings. The van der Waals surface area contributed by atoms with Gasteiger partial charge in [-0.15, -0.1) is 23.2 Å². The lowest BCUT2D eigenvalue weighted by Crippen LogP contribution is -2.37. The van der Waals surface area contributed by atoms with Crippen molar-refractivity contribution in [2.24, 2.45) is 0 Å². The molecule has 1 aliphatic rings. The molecule has 12 heavy (non-hydrogen) atoms. The van der Waals surface area contributed by atoms with Crippen molar-refractivity contribution in [3.8, 4) is 0 Å². The largest absolute Gasteiger partial charge is 0.387 e. The second kappa shape index (κ2) is 4.09. The summed E-state index contributed by atoms with van der Waals surface area (Å²) in [5.41, 5.74) is 0.